The van der Waals surface area contributed by atoms with Gasteiger partial charge in [-0.3, -0.25) is 9.69 Å². The Hall–Kier alpha value is -4.58. The van der Waals surface area contributed by atoms with Crippen LogP contribution in [0.1, 0.15) is 28.8 Å². The van der Waals surface area contributed by atoms with Gasteiger partial charge in [0, 0.05) is 5.56 Å². The van der Waals surface area contributed by atoms with Crippen molar-refractivity contribution in [2.75, 3.05) is 19.1 Å². The molecule has 0 aliphatic carbocycles. The quantitative estimate of drug-likeness (QED) is 0.522. The highest BCUT2D eigenvalue weighted by Gasteiger charge is 2.44. The van der Waals surface area contributed by atoms with Gasteiger partial charge in [-0.05, 0) is 24.6 Å². The lowest BCUT2D eigenvalue weighted by atomic mass is 9.80. The van der Waals surface area contributed by atoms with Crippen molar-refractivity contribution in [1.82, 2.24) is 0 Å². The Morgan fingerprint density at radius 2 is 1.67 bits per heavy atom. The van der Waals surface area contributed by atoms with Crippen LogP contribution in [0.3, 0.4) is 0 Å². The highest BCUT2D eigenvalue weighted by atomic mass is 16.5. The number of ketones is 1. The first kappa shape index (κ1) is 23.1. The second-order valence-electron chi connectivity index (χ2n) is 7.06. The Labute approximate surface area is 189 Å². The number of hydrogen-bond donors (Lipinski definition) is 2. The summed E-state index contributed by atoms with van der Waals surface area (Å²) in [5.41, 5.74) is 6.06. The van der Waals surface area contributed by atoms with Gasteiger partial charge in [-0.2, -0.15) is 5.26 Å². The molecule has 0 amide bonds. The molecule has 1 aliphatic rings. The van der Waals surface area contributed by atoms with Gasteiger partial charge in [-0.15, -0.1) is 0 Å². The summed E-state index contributed by atoms with van der Waals surface area (Å²) < 4.78 is 9.89. The van der Waals surface area contributed by atoms with Gasteiger partial charge in [0.2, 0.25) is 0 Å². The molecule has 0 spiro atoms. The number of anilines is 1. The van der Waals surface area contributed by atoms with E-state index in [9.17, 15) is 24.8 Å². The molecule has 1 atom stereocenters. The molecule has 0 aromatic heterocycles. The molecule has 1 aliphatic heterocycles. The first-order valence-electron chi connectivity index (χ1n) is 9.76. The van der Waals surface area contributed by atoms with Gasteiger partial charge in [0.15, 0.2) is 5.78 Å². The molecule has 9 nitrogen and oxygen atoms in total. The maximum atomic E-state index is 13.0. The first-order valence-corrected chi connectivity index (χ1v) is 9.76. The Bertz CT molecular complexity index is 1240. The molecular weight excluding hydrogens is 426 g/mol. The van der Waals surface area contributed by atoms with Crippen LogP contribution in [0.4, 0.5) is 5.69 Å². The molecule has 0 bridgehead atoms. The van der Waals surface area contributed by atoms with Crippen molar-refractivity contribution < 1.29 is 29.0 Å². The molecule has 2 aromatic carbocycles. The molecule has 2 aromatic rings. The van der Waals surface area contributed by atoms with Crippen molar-refractivity contribution in [2.24, 2.45) is 5.73 Å². The summed E-state index contributed by atoms with van der Waals surface area (Å²) in [7, 11) is 2.24. The van der Waals surface area contributed by atoms with Crippen molar-refractivity contribution in [2.45, 2.75) is 12.8 Å². The zero-order valence-corrected chi connectivity index (χ0v) is 18.2. The summed E-state index contributed by atoms with van der Waals surface area (Å²) in [6.07, 6.45) is 0. The van der Waals surface area contributed by atoms with Crippen LogP contribution < -0.4 is 10.6 Å². The topological polar surface area (TPSA) is 143 Å². The molecule has 33 heavy (non-hydrogen) atoms. The molecule has 0 fully saturated rings. The summed E-state index contributed by atoms with van der Waals surface area (Å²) in [6.45, 7) is 1.27. The van der Waals surface area contributed by atoms with Crippen LogP contribution >= 0.6 is 0 Å². The number of phenols is 1. The number of esters is 2. The number of phenolic OH excluding ortho intramolecular Hbond substituents is 1. The Balaban J connectivity index is 2.51. The molecule has 3 N–H and O–H groups in total. The number of nitriles is 1. The third-order valence-electron chi connectivity index (χ3n) is 5.23. The van der Waals surface area contributed by atoms with Crippen molar-refractivity contribution >= 4 is 23.4 Å². The second kappa shape index (κ2) is 9.28. The van der Waals surface area contributed by atoms with Crippen molar-refractivity contribution in [3.05, 3.63) is 82.3 Å². The lowest BCUT2D eigenvalue weighted by molar-refractivity contribution is -0.139. The van der Waals surface area contributed by atoms with Gasteiger partial charge >= 0.3 is 11.9 Å². The van der Waals surface area contributed by atoms with E-state index in [1.165, 1.54) is 25.1 Å². The second-order valence-corrected chi connectivity index (χ2v) is 7.06. The van der Waals surface area contributed by atoms with Gasteiger partial charge in [0.1, 0.15) is 23.0 Å². The molecule has 0 radical (unpaired) electrons. The Kier molecular flexibility index (Phi) is 6.49. The molecule has 9 heteroatoms. The van der Waals surface area contributed by atoms with Gasteiger partial charge in [0.05, 0.1) is 37.4 Å². The van der Waals surface area contributed by atoms with E-state index in [-0.39, 0.29) is 33.9 Å². The number of benzene rings is 2. The predicted molar refractivity (Wildman–Crippen MR) is 118 cm³/mol. The number of rotatable bonds is 5. The maximum Gasteiger partial charge on any atom is 0.355 e. The van der Waals surface area contributed by atoms with E-state index in [0.717, 1.165) is 19.1 Å². The van der Waals surface area contributed by atoms with Gasteiger partial charge in [-0.1, -0.05) is 36.4 Å². The Morgan fingerprint density at radius 1 is 1.03 bits per heavy atom. The standard InChI is InChI=1S/C24H21N3O6/c1-13(28)15-10-7-11-17(29)20(15)27-21(24(31)33-3)19(23(30)32-2)18(16(12-25)22(27)26)14-8-5-4-6-9-14/h4-11,18,29H,26H2,1-3H3. The highest BCUT2D eigenvalue weighted by Crippen LogP contribution is 2.46. The van der Waals surface area contributed by atoms with Crippen LogP contribution in [0.25, 0.3) is 0 Å². The number of Topliss-reactive ketones (excluding diaryl/α,β-unsaturated/α-hetero) is 1. The largest absolute Gasteiger partial charge is 0.506 e. The minimum absolute atomic E-state index is 0.0130. The summed E-state index contributed by atoms with van der Waals surface area (Å²) in [5.74, 6) is -4.03. The number of nitrogens with zero attached hydrogens (tertiary/aromatic N) is 2. The number of para-hydroxylation sites is 1. The number of allylic oxidation sites excluding steroid dienone is 1. The SMILES string of the molecule is COC(=O)C1=C(C(=O)OC)N(c2c(O)cccc2C(C)=O)C(N)=C(C#N)C1c1ccccc1. The molecule has 0 saturated carbocycles. The van der Waals surface area contributed by atoms with Gasteiger partial charge in [0.25, 0.3) is 0 Å². The molecule has 3 rings (SSSR count). The Morgan fingerprint density at radius 3 is 2.21 bits per heavy atom. The zero-order chi connectivity index (χ0) is 24.3. The minimum Gasteiger partial charge on any atom is -0.506 e. The van der Waals surface area contributed by atoms with E-state index >= 15 is 0 Å². The molecule has 1 heterocycles. The molecule has 1 unspecified atom stereocenters. The van der Waals surface area contributed by atoms with Crippen molar-refractivity contribution in [3.8, 4) is 11.8 Å². The maximum absolute atomic E-state index is 13.0. The number of hydrogen-bond acceptors (Lipinski definition) is 9. The molecular formula is C24H21N3O6. The fourth-order valence-electron chi connectivity index (χ4n) is 3.80. The summed E-state index contributed by atoms with van der Waals surface area (Å²) in [5, 5.41) is 20.7. The third-order valence-corrected chi connectivity index (χ3v) is 5.23. The van der Waals surface area contributed by atoms with Crippen molar-refractivity contribution in [1.29, 1.82) is 5.26 Å². The zero-order valence-electron chi connectivity index (χ0n) is 18.2. The summed E-state index contributed by atoms with van der Waals surface area (Å²) in [4.78, 5) is 39.4. The van der Waals surface area contributed by atoms with Crippen LogP contribution in [0.15, 0.2) is 71.2 Å². The number of nitrogens with two attached hydrogens (primary N) is 1. The van der Waals surface area contributed by atoms with Gasteiger partial charge < -0.3 is 20.3 Å². The predicted octanol–water partition coefficient (Wildman–Crippen LogP) is 2.49. The van der Waals surface area contributed by atoms with Gasteiger partial charge in [-0.25, -0.2) is 9.59 Å². The monoisotopic (exact) mass is 447 g/mol. The van der Waals surface area contributed by atoms with E-state index in [1.54, 1.807) is 30.3 Å². The van der Waals surface area contributed by atoms with Crippen LogP contribution in [-0.2, 0) is 19.1 Å². The fraction of sp³-hybridized carbons (Fsp3) is 0.167. The molecule has 168 valence electrons. The molecule has 0 saturated heterocycles. The van der Waals surface area contributed by atoms with Crippen LogP contribution in [0, 0.1) is 11.3 Å². The highest BCUT2D eigenvalue weighted by molar-refractivity contribution is 6.09. The number of aromatic hydroxyl groups is 1. The normalized spacial score (nSPS) is 15.7. The number of methoxy groups -OCH3 is 2. The van der Waals surface area contributed by atoms with Crippen LogP contribution in [0.2, 0.25) is 0 Å². The smallest absolute Gasteiger partial charge is 0.355 e. The average Bonchev–Trinajstić information content (AvgIpc) is 2.82. The van der Waals surface area contributed by atoms with Crippen molar-refractivity contribution in [3.63, 3.8) is 0 Å². The number of carbonyl (C=O) groups is 3. The van der Waals surface area contributed by atoms with E-state index in [2.05, 4.69) is 0 Å². The summed E-state index contributed by atoms with van der Waals surface area (Å²) in [6, 6.07) is 14.7. The first-order chi connectivity index (χ1) is 15.8. The minimum atomic E-state index is -1.05. The van der Waals surface area contributed by atoms with E-state index in [4.69, 9.17) is 15.2 Å². The lowest BCUT2D eigenvalue weighted by Gasteiger charge is -2.36. The third kappa shape index (κ3) is 3.90. The summed E-state index contributed by atoms with van der Waals surface area (Å²) >= 11 is 0. The van der Waals surface area contributed by atoms with E-state index in [1.807, 2.05) is 6.07 Å². The average molecular weight is 447 g/mol. The fourth-order valence-corrected chi connectivity index (χ4v) is 3.80. The van der Waals surface area contributed by atoms with Crippen LogP contribution in [-0.4, -0.2) is 37.0 Å². The van der Waals surface area contributed by atoms with Crippen LogP contribution in [0.5, 0.6) is 5.75 Å². The van der Waals surface area contributed by atoms with E-state index in [0.29, 0.717) is 5.56 Å². The number of ether oxygens (including phenoxy) is 2. The van der Waals surface area contributed by atoms with E-state index < -0.39 is 29.4 Å². The lowest BCUT2D eigenvalue weighted by Crippen LogP contribution is -2.41. The number of carbonyl (C=O) groups excluding carboxylic acids is 3.